The molecule has 11 heteroatoms. The summed E-state index contributed by atoms with van der Waals surface area (Å²) in [6, 6.07) is 7.86. The van der Waals surface area contributed by atoms with Crippen LogP contribution in [0.25, 0.3) is 0 Å². The first-order valence-corrected chi connectivity index (χ1v) is 9.04. The van der Waals surface area contributed by atoms with Gasteiger partial charge < -0.3 is 31.0 Å². The zero-order valence-electron chi connectivity index (χ0n) is 15.5. The lowest BCUT2D eigenvalue weighted by Crippen LogP contribution is -2.53. The first kappa shape index (κ1) is 20.4. The van der Waals surface area contributed by atoms with Gasteiger partial charge in [-0.3, -0.25) is 10.1 Å². The van der Waals surface area contributed by atoms with Crippen molar-refractivity contribution in [1.82, 2.24) is 5.32 Å². The number of nitrogens with zero attached hydrogens (tertiary/aromatic N) is 1. The second-order valence-corrected chi connectivity index (χ2v) is 6.63. The average molecular weight is 400 g/mol. The number of amides is 1. The Labute approximate surface area is 167 Å². The molecule has 3 rings (SSSR count). The Morgan fingerprint density at radius 2 is 2.14 bits per heavy atom. The molecule has 0 spiro atoms. The SMILES string of the molecule is NCCNc1ccc(CC(=O)NC2Cc3cccc(C(=O)O)c3OB2O)c[n+]1[O-]. The number of hydrogen-bond donors (Lipinski definition) is 5. The number of pyridine rings is 1. The molecule has 0 radical (unpaired) electrons. The number of benzene rings is 1. The summed E-state index contributed by atoms with van der Waals surface area (Å²) >= 11 is 0. The molecule has 1 aliphatic rings. The summed E-state index contributed by atoms with van der Waals surface area (Å²) < 4.78 is 5.97. The molecule has 1 aromatic heterocycles. The largest absolute Gasteiger partial charge is 0.711 e. The van der Waals surface area contributed by atoms with Gasteiger partial charge in [-0.25, -0.2) is 9.52 Å². The highest BCUT2D eigenvalue weighted by Gasteiger charge is 2.37. The fraction of sp³-hybridized carbons (Fsp3) is 0.278. The second-order valence-electron chi connectivity index (χ2n) is 6.63. The Morgan fingerprint density at radius 1 is 1.34 bits per heavy atom. The number of aromatic carboxylic acids is 1. The van der Waals surface area contributed by atoms with Gasteiger partial charge in [0.05, 0.1) is 30.7 Å². The van der Waals surface area contributed by atoms with E-state index in [4.69, 9.17) is 10.4 Å². The molecule has 2 heterocycles. The van der Waals surface area contributed by atoms with Gasteiger partial charge in [0.25, 0.3) is 5.82 Å². The van der Waals surface area contributed by atoms with E-state index in [1.807, 2.05) is 0 Å². The number of carboxylic acids is 1. The molecule has 1 amide bonds. The van der Waals surface area contributed by atoms with Gasteiger partial charge in [-0.1, -0.05) is 12.1 Å². The molecule has 0 saturated heterocycles. The summed E-state index contributed by atoms with van der Waals surface area (Å²) in [6.45, 7) is 0.833. The minimum Gasteiger partial charge on any atom is -0.711 e. The number of rotatable bonds is 7. The van der Waals surface area contributed by atoms with Crippen molar-refractivity contribution in [2.75, 3.05) is 18.4 Å². The highest BCUT2D eigenvalue weighted by Crippen LogP contribution is 2.30. The Morgan fingerprint density at radius 3 is 2.83 bits per heavy atom. The van der Waals surface area contributed by atoms with E-state index in [9.17, 15) is 24.9 Å². The molecule has 152 valence electrons. The smallest absolute Gasteiger partial charge is 0.547 e. The molecule has 0 saturated carbocycles. The van der Waals surface area contributed by atoms with E-state index >= 15 is 0 Å². The zero-order chi connectivity index (χ0) is 21.0. The van der Waals surface area contributed by atoms with Crippen LogP contribution < -0.4 is 25.8 Å². The molecule has 29 heavy (non-hydrogen) atoms. The fourth-order valence-electron chi connectivity index (χ4n) is 3.12. The van der Waals surface area contributed by atoms with Gasteiger partial charge in [-0.2, -0.15) is 0 Å². The monoisotopic (exact) mass is 400 g/mol. The van der Waals surface area contributed by atoms with E-state index in [0.717, 1.165) is 0 Å². The summed E-state index contributed by atoms with van der Waals surface area (Å²) in [5, 5.41) is 36.9. The van der Waals surface area contributed by atoms with E-state index in [0.29, 0.717) is 34.8 Å². The number of anilines is 1. The third kappa shape index (κ3) is 4.76. The highest BCUT2D eigenvalue weighted by atomic mass is 16.5. The summed E-state index contributed by atoms with van der Waals surface area (Å²) in [7, 11) is -1.39. The maximum absolute atomic E-state index is 12.4. The van der Waals surface area contributed by atoms with E-state index in [-0.39, 0.29) is 24.2 Å². The molecule has 0 bridgehead atoms. The predicted octanol–water partition coefficient (Wildman–Crippen LogP) is -0.929. The first-order valence-electron chi connectivity index (χ1n) is 9.04. The lowest BCUT2D eigenvalue weighted by Gasteiger charge is -2.28. The second kappa shape index (κ2) is 8.80. The molecule has 2 aromatic rings. The van der Waals surface area contributed by atoms with E-state index in [1.54, 1.807) is 24.3 Å². The van der Waals surface area contributed by atoms with Gasteiger partial charge in [0, 0.05) is 18.2 Å². The van der Waals surface area contributed by atoms with Crippen molar-refractivity contribution in [3.63, 3.8) is 0 Å². The van der Waals surface area contributed by atoms with Crippen LogP contribution in [-0.4, -0.2) is 48.2 Å². The topological polar surface area (TPSA) is 161 Å². The average Bonchev–Trinajstić information content (AvgIpc) is 2.67. The van der Waals surface area contributed by atoms with Gasteiger partial charge in [0.15, 0.2) is 0 Å². The highest BCUT2D eigenvalue weighted by molar-refractivity contribution is 6.47. The molecule has 10 nitrogen and oxygen atoms in total. The quantitative estimate of drug-likeness (QED) is 0.226. The summed E-state index contributed by atoms with van der Waals surface area (Å²) in [5.74, 6) is -1.87. The van der Waals surface area contributed by atoms with Gasteiger partial charge >= 0.3 is 13.1 Å². The van der Waals surface area contributed by atoms with Crippen molar-refractivity contribution in [1.29, 1.82) is 0 Å². The van der Waals surface area contributed by atoms with Crippen molar-refractivity contribution in [3.8, 4) is 5.75 Å². The van der Waals surface area contributed by atoms with Crippen molar-refractivity contribution in [3.05, 3.63) is 58.4 Å². The van der Waals surface area contributed by atoms with Gasteiger partial charge in [0.2, 0.25) is 5.91 Å². The zero-order valence-corrected chi connectivity index (χ0v) is 15.5. The Bertz CT molecular complexity index is 925. The Kier molecular flexibility index (Phi) is 6.20. The summed E-state index contributed by atoms with van der Waals surface area (Å²) in [5.41, 5.74) is 6.42. The number of aromatic nitrogens is 1. The normalized spacial score (nSPS) is 15.2. The van der Waals surface area contributed by atoms with E-state index in [1.165, 1.54) is 12.3 Å². The molecule has 1 aliphatic heterocycles. The molecular weight excluding hydrogens is 379 g/mol. The molecule has 0 aliphatic carbocycles. The van der Waals surface area contributed by atoms with Crippen molar-refractivity contribution in [2.24, 2.45) is 5.73 Å². The van der Waals surface area contributed by atoms with Gasteiger partial charge in [-0.05, 0) is 24.1 Å². The first-order chi connectivity index (χ1) is 13.9. The van der Waals surface area contributed by atoms with Crippen LogP contribution in [0.2, 0.25) is 0 Å². The number of nitrogens with two attached hydrogens (primary N) is 1. The van der Waals surface area contributed by atoms with Crippen LogP contribution in [0.3, 0.4) is 0 Å². The number of hydrogen-bond acceptors (Lipinski definition) is 7. The molecular formula is C18H21BN4O6. The maximum Gasteiger partial charge on any atom is 0.547 e. The fourth-order valence-corrected chi connectivity index (χ4v) is 3.12. The lowest BCUT2D eigenvalue weighted by molar-refractivity contribution is -0.590. The van der Waals surface area contributed by atoms with Crippen molar-refractivity contribution in [2.45, 2.75) is 18.8 Å². The van der Waals surface area contributed by atoms with Crippen LogP contribution in [0.5, 0.6) is 5.75 Å². The van der Waals surface area contributed by atoms with Crippen molar-refractivity contribution >= 4 is 24.8 Å². The van der Waals surface area contributed by atoms with Crippen LogP contribution in [-0.2, 0) is 17.6 Å². The molecule has 0 fully saturated rings. The Balaban J connectivity index is 1.65. The van der Waals surface area contributed by atoms with Gasteiger partial charge in [-0.15, -0.1) is 0 Å². The number of fused-ring (bicyclic) bond motifs is 1. The van der Waals surface area contributed by atoms with Crippen LogP contribution in [0.1, 0.15) is 21.5 Å². The van der Waals surface area contributed by atoms with E-state index < -0.39 is 24.9 Å². The van der Waals surface area contributed by atoms with Crippen LogP contribution >= 0.6 is 0 Å². The number of carbonyl (C=O) groups is 2. The molecule has 1 atom stereocenters. The van der Waals surface area contributed by atoms with Gasteiger partial charge in [0.1, 0.15) is 5.75 Å². The standard InChI is InChI=1S/C18H21BN4O6/c20-6-7-21-15-5-4-11(10-23(15)28)8-16(24)22-14-9-12-2-1-3-13(18(25)26)17(12)29-19(14)27/h1-5,10,14,21,27H,6-9,20H2,(H,22,24)(H,25,26). The molecule has 1 unspecified atom stereocenters. The third-order valence-corrected chi connectivity index (χ3v) is 4.49. The summed E-state index contributed by atoms with van der Waals surface area (Å²) in [4.78, 5) is 23.6. The third-order valence-electron chi connectivity index (χ3n) is 4.49. The van der Waals surface area contributed by atoms with Crippen LogP contribution in [0.15, 0.2) is 36.5 Å². The minimum atomic E-state index is -1.39. The summed E-state index contributed by atoms with van der Waals surface area (Å²) in [6.07, 6.45) is 1.44. The van der Waals surface area contributed by atoms with Crippen LogP contribution in [0.4, 0.5) is 5.82 Å². The maximum atomic E-state index is 12.4. The Hall–Kier alpha value is -3.31. The number of para-hydroxylation sites is 1. The van der Waals surface area contributed by atoms with E-state index in [2.05, 4.69) is 10.6 Å². The molecule has 1 aromatic carbocycles. The lowest BCUT2D eigenvalue weighted by atomic mass is 9.72. The molecule has 6 N–H and O–H groups in total. The van der Waals surface area contributed by atoms with Crippen molar-refractivity contribution < 1.29 is 29.1 Å². The number of carbonyl (C=O) groups excluding carboxylic acids is 1. The number of carboxylic acid groups (broad SMARTS) is 1. The van der Waals surface area contributed by atoms with Crippen LogP contribution in [0, 0.1) is 5.21 Å². The predicted molar refractivity (Wildman–Crippen MR) is 104 cm³/mol. The number of nitrogens with one attached hydrogen (secondary N) is 2. The minimum absolute atomic E-state index is 0.0466.